The first kappa shape index (κ1) is 17.6. The minimum absolute atomic E-state index is 0.0112. The molecule has 0 bridgehead atoms. The first-order valence-electron chi connectivity index (χ1n) is 7.49. The normalized spacial score (nSPS) is 17.7. The number of hydrogen-bond acceptors (Lipinski definition) is 6. The summed E-state index contributed by atoms with van der Waals surface area (Å²) < 4.78 is 5.26. The molecule has 2 rings (SSSR count). The molecule has 1 N–H and O–H groups in total. The maximum Gasteiger partial charge on any atom is 0.355 e. The molecule has 1 atom stereocenters. The van der Waals surface area contributed by atoms with Gasteiger partial charge in [-0.3, -0.25) is 14.9 Å². The molecule has 0 spiro atoms. The minimum atomic E-state index is -0.644. The van der Waals surface area contributed by atoms with Crippen molar-refractivity contribution < 1.29 is 19.2 Å². The number of ether oxygens (including phenoxy) is 1. The number of nitrogens with one attached hydrogen (secondary N) is 1. The molecule has 0 unspecified atom stereocenters. The van der Waals surface area contributed by atoms with Crippen molar-refractivity contribution in [2.24, 2.45) is 11.0 Å². The molecule has 0 aromatic heterocycles. The highest BCUT2D eigenvalue weighted by Crippen LogP contribution is 2.20. The fourth-order valence-corrected chi connectivity index (χ4v) is 2.25. The van der Waals surface area contributed by atoms with Crippen LogP contribution in [0.2, 0.25) is 0 Å². The molecule has 1 aromatic rings. The number of benzene rings is 1. The maximum absolute atomic E-state index is 12.1. The second kappa shape index (κ2) is 6.77. The van der Waals surface area contributed by atoms with Crippen molar-refractivity contribution in [3.05, 3.63) is 39.9 Å². The summed E-state index contributed by atoms with van der Waals surface area (Å²) >= 11 is 0. The summed E-state index contributed by atoms with van der Waals surface area (Å²) in [4.78, 5) is 34.2. The highest BCUT2D eigenvalue weighted by Gasteiger charge is 2.31. The summed E-state index contributed by atoms with van der Waals surface area (Å²) in [6.45, 7) is 5.25. The molecule has 0 saturated carbocycles. The quantitative estimate of drug-likeness (QED) is 0.514. The third-order valence-electron chi connectivity index (χ3n) is 3.38. The molecule has 1 amide bonds. The maximum atomic E-state index is 12.1. The van der Waals surface area contributed by atoms with E-state index in [1.807, 2.05) is 0 Å². The lowest BCUT2D eigenvalue weighted by molar-refractivity contribution is -0.384. The van der Waals surface area contributed by atoms with Crippen LogP contribution in [0.5, 0.6) is 0 Å². The van der Waals surface area contributed by atoms with E-state index in [0.717, 1.165) is 5.56 Å². The van der Waals surface area contributed by atoms with Gasteiger partial charge in [-0.15, -0.1) is 0 Å². The van der Waals surface area contributed by atoms with E-state index in [0.29, 0.717) is 6.42 Å². The zero-order valence-corrected chi connectivity index (χ0v) is 13.7. The Morgan fingerprint density at radius 1 is 1.38 bits per heavy atom. The Morgan fingerprint density at radius 3 is 2.54 bits per heavy atom. The van der Waals surface area contributed by atoms with Gasteiger partial charge in [0.05, 0.1) is 4.92 Å². The van der Waals surface area contributed by atoms with Crippen molar-refractivity contribution in [2.75, 3.05) is 0 Å². The van der Waals surface area contributed by atoms with Crippen molar-refractivity contribution >= 4 is 23.3 Å². The van der Waals surface area contributed by atoms with Gasteiger partial charge in [0, 0.05) is 24.5 Å². The van der Waals surface area contributed by atoms with Crippen LogP contribution in [-0.4, -0.2) is 28.1 Å². The van der Waals surface area contributed by atoms with E-state index in [9.17, 15) is 19.7 Å². The zero-order valence-electron chi connectivity index (χ0n) is 13.7. The predicted octanol–water partition coefficient (Wildman–Crippen LogP) is 1.97. The number of esters is 1. The lowest BCUT2D eigenvalue weighted by Crippen LogP contribution is -2.40. The van der Waals surface area contributed by atoms with Crippen LogP contribution >= 0.6 is 0 Å². The largest absolute Gasteiger partial charge is 0.455 e. The van der Waals surface area contributed by atoms with Crippen molar-refractivity contribution in [2.45, 2.75) is 39.2 Å². The molecule has 1 aromatic carbocycles. The molecule has 1 aliphatic heterocycles. The van der Waals surface area contributed by atoms with Gasteiger partial charge >= 0.3 is 5.97 Å². The van der Waals surface area contributed by atoms with Crippen LogP contribution in [0.3, 0.4) is 0 Å². The third-order valence-corrected chi connectivity index (χ3v) is 3.38. The van der Waals surface area contributed by atoms with E-state index in [1.165, 1.54) is 12.1 Å². The van der Waals surface area contributed by atoms with Crippen molar-refractivity contribution in [3.8, 4) is 0 Å². The number of hydrogen-bond donors (Lipinski definition) is 1. The fraction of sp³-hybridized carbons (Fsp3) is 0.438. The van der Waals surface area contributed by atoms with Crippen LogP contribution in [-0.2, 0) is 20.7 Å². The van der Waals surface area contributed by atoms with Gasteiger partial charge in [-0.05, 0) is 32.8 Å². The number of nitrogens with zero attached hydrogens (tertiary/aromatic N) is 2. The molecular weight excluding hydrogens is 314 g/mol. The molecular formula is C16H19N3O5. The summed E-state index contributed by atoms with van der Waals surface area (Å²) in [5.74, 6) is -1.33. The Morgan fingerprint density at radius 2 is 2.00 bits per heavy atom. The average Bonchev–Trinajstić information content (AvgIpc) is 2.48. The summed E-state index contributed by atoms with van der Waals surface area (Å²) in [6, 6.07) is 5.98. The molecule has 0 saturated heterocycles. The van der Waals surface area contributed by atoms with Gasteiger partial charge < -0.3 is 4.74 Å². The van der Waals surface area contributed by atoms with Crippen molar-refractivity contribution in [1.82, 2.24) is 5.43 Å². The van der Waals surface area contributed by atoms with Crippen LogP contribution in [0.1, 0.15) is 32.8 Å². The predicted molar refractivity (Wildman–Crippen MR) is 86.3 cm³/mol. The van der Waals surface area contributed by atoms with Gasteiger partial charge in [0.25, 0.3) is 5.69 Å². The highest BCUT2D eigenvalue weighted by atomic mass is 16.6. The minimum Gasteiger partial charge on any atom is -0.455 e. The zero-order chi connectivity index (χ0) is 17.9. The van der Waals surface area contributed by atoms with E-state index < -0.39 is 22.4 Å². The van der Waals surface area contributed by atoms with Crippen molar-refractivity contribution in [3.63, 3.8) is 0 Å². The highest BCUT2D eigenvalue weighted by molar-refractivity contribution is 6.37. The number of nitro benzene ring substituents is 1. The monoisotopic (exact) mass is 333 g/mol. The molecule has 8 nitrogen and oxygen atoms in total. The lowest BCUT2D eigenvalue weighted by atomic mass is 9.92. The van der Waals surface area contributed by atoms with Gasteiger partial charge in [-0.1, -0.05) is 12.1 Å². The average molecular weight is 333 g/mol. The summed E-state index contributed by atoms with van der Waals surface area (Å²) in [5.41, 5.74) is 2.62. The lowest BCUT2D eigenvalue weighted by Gasteiger charge is -2.24. The van der Waals surface area contributed by atoms with Gasteiger partial charge in [0.15, 0.2) is 0 Å². The standard InChI is InChI=1S/C16H19N3O5/c1-16(2,3)24-15(21)13-9-11(14(20)18-17-13)8-10-4-6-12(7-5-10)19(22)23/h4-7,11H,8-9H2,1-3H3,(H,18,20)/t11-/m1/s1. The summed E-state index contributed by atoms with van der Waals surface area (Å²) in [5, 5.41) is 14.4. The third kappa shape index (κ3) is 4.61. The topological polar surface area (TPSA) is 111 Å². The first-order valence-corrected chi connectivity index (χ1v) is 7.49. The Kier molecular flexibility index (Phi) is 4.96. The number of carbonyl (C=O) groups is 2. The molecule has 0 aliphatic carbocycles. The van der Waals surface area contributed by atoms with Crippen LogP contribution < -0.4 is 5.43 Å². The molecule has 0 radical (unpaired) electrons. The van der Waals surface area contributed by atoms with Gasteiger partial charge in [-0.2, -0.15) is 5.10 Å². The first-order chi connectivity index (χ1) is 11.2. The second-order valence-corrected chi connectivity index (χ2v) is 6.57. The van der Waals surface area contributed by atoms with Crippen LogP contribution in [0.15, 0.2) is 29.4 Å². The number of amides is 1. The molecule has 128 valence electrons. The number of rotatable bonds is 4. The number of non-ortho nitro benzene ring substituents is 1. The van der Waals surface area contributed by atoms with E-state index in [4.69, 9.17) is 4.74 Å². The second-order valence-electron chi connectivity index (χ2n) is 6.57. The molecule has 24 heavy (non-hydrogen) atoms. The van der Waals surface area contributed by atoms with Crippen LogP contribution in [0.4, 0.5) is 5.69 Å². The molecule has 8 heteroatoms. The number of carbonyl (C=O) groups excluding carboxylic acids is 2. The van der Waals surface area contributed by atoms with Crippen LogP contribution in [0.25, 0.3) is 0 Å². The number of hydrazone groups is 1. The molecule has 0 fully saturated rings. The fourth-order valence-electron chi connectivity index (χ4n) is 2.25. The van der Waals surface area contributed by atoms with Gasteiger partial charge in [0.2, 0.25) is 5.91 Å². The van der Waals surface area contributed by atoms with Gasteiger partial charge in [0.1, 0.15) is 11.3 Å². The Balaban J connectivity index is 2.05. The smallest absolute Gasteiger partial charge is 0.355 e. The van der Waals surface area contributed by atoms with Crippen molar-refractivity contribution in [1.29, 1.82) is 0 Å². The summed E-state index contributed by atoms with van der Waals surface area (Å²) in [7, 11) is 0. The summed E-state index contributed by atoms with van der Waals surface area (Å²) in [6.07, 6.45) is 0.517. The van der Waals surface area contributed by atoms with E-state index in [-0.39, 0.29) is 23.7 Å². The Bertz CT molecular complexity index is 689. The Hall–Kier alpha value is -2.77. The van der Waals surface area contributed by atoms with E-state index in [2.05, 4.69) is 10.5 Å². The van der Waals surface area contributed by atoms with Gasteiger partial charge in [-0.25, -0.2) is 10.2 Å². The molecule has 1 heterocycles. The van der Waals surface area contributed by atoms with E-state index >= 15 is 0 Å². The van der Waals surface area contributed by atoms with Crippen LogP contribution in [0, 0.1) is 16.0 Å². The SMILES string of the molecule is CC(C)(C)OC(=O)C1=NNC(=O)[C@H](Cc2ccc([N+](=O)[O-])cc2)C1. The Labute approximate surface area is 139 Å². The number of nitro groups is 1. The molecule has 1 aliphatic rings. The van der Waals surface area contributed by atoms with E-state index in [1.54, 1.807) is 32.9 Å².